The molecule has 1 aromatic carbocycles. The lowest BCUT2D eigenvalue weighted by Gasteiger charge is -1.99. The molecule has 0 aliphatic rings. The van der Waals surface area contributed by atoms with Crippen molar-refractivity contribution < 1.29 is 9.59 Å². The van der Waals surface area contributed by atoms with Gasteiger partial charge in [-0.3, -0.25) is 9.59 Å². The number of carbonyl (C=O) groups is 2. The lowest BCUT2D eigenvalue weighted by molar-refractivity contribution is 0.112. The Labute approximate surface area is 88.5 Å². The number of rotatable bonds is 2. The minimum Gasteiger partial charge on any atom is -0.298 e. The smallest absolute Gasteiger partial charge is 0.151 e. The monoisotopic (exact) mass is 285 g/mol. The summed E-state index contributed by atoms with van der Waals surface area (Å²) in [5.74, 6) is 0. The van der Waals surface area contributed by atoms with Crippen molar-refractivity contribution in [2.75, 3.05) is 0 Å². The number of carbonyl (C=O) groups excluding carboxylic acids is 2. The van der Waals surface area contributed by atoms with Gasteiger partial charge >= 0.3 is 0 Å². The van der Waals surface area contributed by atoms with Crippen molar-refractivity contribution in [2.24, 2.45) is 0 Å². The molecule has 0 N–H and O–H groups in total. The average Bonchev–Trinajstić information content (AvgIpc) is 2.18. The fraction of sp³-hybridized carbons (Fsp3) is 0. The third-order valence-corrected chi connectivity index (χ3v) is 2.71. The van der Waals surface area contributed by atoms with E-state index in [0.717, 1.165) is 0 Å². The highest BCUT2D eigenvalue weighted by Crippen LogP contribution is 2.17. The third-order valence-electron chi connectivity index (χ3n) is 1.51. The predicted octanol–water partition coefficient (Wildman–Crippen LogP) is 1.79. The van der Waals surface area contributed by atoms with Gasteiger partial charge < -0.3 is 0 Å². The molecular formula is C9H4INO2. The molecule has 0 aliphatic heterocycles. The molecule has 0 heterocycles. The Bertz CT molecular complexity index is 407. The van der Waals surface area contributed by atoms with E-state index in [1.165, 1.54) is 12.1 Å². The summed E-state index contributed by atoms with van der Waals surface area (Å²) in [7, 11) is 0. The predicted molar refractivity (Wildman–Crippen MR) is 54.6 cm³/mol. The van der Waals surface area contributed by atoms with Crippen molar-refractivity contribution >= 4 is 35.2 Å². The van der Waals surface area contributed by atoms with Crippen LogP contribution in [0.5, 0.6) is 0 Å². The molecule has 0 saturated carbocycles. The molecule has 1 aromatic rings. The maximum Gasteiger partial charge on any atom is 0.151 e. The molecule has 0 fully saturated rings. The molecule has 1 rings (SSSR count). The SMILES string of the molecule is N#Cc1cc(C=O)cc(C=O)c1I. The van der Waals surface area contributed by atoms with Crippen LogP contribution in [0.4, 0.5) is 0 Å². The summed E-state index contributed by atoms with van der Waals surface area (Å²) in [6.07, 6.45) is 1.25. The number of halogens is 1. The number of nitrogens with zero attached hydrogens (tertiary/aromatic N) is 1. The second-order valence-corrected chi connectivity index (χ2v) is 3.40. The number of hydrogen-bond acceptors (Lipinski definition) is 3. The average molecular weight is 285 g/mol. The standard InChI is InChI=1S/C9H4INO2/c10-9-7(3-11)1-6(4-12)2-8(9)5-13/h1-2,4-5H. The van der Waals surface area contributed by atoms with E-state index in [0.29, 0.717) is 32.8 Å². The zero-order valence-electron chi connectivity index (χ0n) is 6.45. The van der Waals surface area contributed by atoms with Gasteiger partial charge in [0.05, 0.1) is 5.56 Å². The van der Waals surface area contributed by atoms with Crippen molar-refractivity contribution in [1.82, 2.24) is 0 Å². The molecule has 64 valence electrons. The molecule has 0 aliphatic carbocycles. The van der Waals surface area contributed by atoms with Gasteiger partial charge in [0.2, 0.25) is 0 Å². The minimum atomic E-state index is 0.346. The molecule has 0 saturated heterocycles. The van der Waals surface area contributed by atoms with Gasteiger partial charge in [-0.2, -0.15) is 5.26 Å². The van der Waals surface area contributed by atoms with E-state index >= 15 is 0 Å². The van der Waals surface area contributed by atoms with Crippen LogP contribution in [0.3, 0.4) is 0 Å². The lowest BCUT2D eigenvalue weighted by Crippen LogP contribution is -1.94. The zero-order valence-corrected chi connectivity index (χ0v) is 8.61. The molecule has 0 aromatic heterocycles. The van der Waals surface area contributed by atoms with Crippen LogP contribution in [0, 0.1) is 14.9 Å². The van der Waals surface area contributed by atoms with Gasteiger partial charge in [0.25, 0.3) is 0 Å². The van der Waals surface area contributed by atoms with Gasteiger partial charge in [0.15, 0.2) is 6.29 Å². The first-order chi connectivity index (χ1) is 6.22. The Morgan fingerprint density at radius 3 is 2.46 bits per heavy atom. The molecule has 0 radical (unpaired) electrons. The highest BCUT2D eigenvalue weighted by atomic mass is 127. The summed E-state index contributed by atoms with van der Waals surface area (Å²) < 4.78 is 0.584. The summed E-state index contributed by atoms with van der Waals surface area (Å²) in [5.41, 5.74) is 1.08. The van der Waals surface area contributed by atoms with Crippen molar-refractivity contribution in [3.63, 3.8) is 0 Å². The first-order valence-electron chi connectivity index (χ1n) is 3.37. The van der Waals surface area contributed by atoms with Gasteiger partial charge in [-0.05, 0) is 34.7 Å². The number of hydrogen-bond donors (Lipinski definition) is 0. The number of benzene rings is 1. The fourth-order valence-electron chi connectivity index (χ4n) is 0.905. The van der Waals surface area contributed by atoms with E-state index in [1.54, 1.807) is 0 Å². The molecule has 3 nitrogen and oxygen atoms in total. The van der Waals surface area contributed by atoms with Crippen LogP contribution in [-0.2, 0) is 0 Å². The Morgan fingerprint density at radius 2 is 2.00 bits per heavy atom. The molecular weight excluding hydrogens is 281 g/mol. The van der Waals surface area contributed by atoms with Crippen LogP contribution >= 0.6 is 22.6 Å². The van der Waals surface area contributed by atoms with E-state index in [1.807, 2.05) is 28.7 Å². The van der Waals surface area contributed by atoms with Crippen LogP contribution in [0.25, 0.3) is 0 Å². The van der Waals surface area contributed by atoms with E-state index in [2.05, 4.69) is 0 Å². The molecule has 0 bridgehead atoms. The zero-order chi connectivity index (χ0) is 9.84. The highest BCUT2D eigenvalue weighted by molar-refractivity contribution is 14.1. The van der Waals surface area contributed by atoms with Crippen molar-refractivity contribution in [2.45, 2.75) is 0 Å². The topological polar surface area (TPSA) is 57.9 Å². The second kappa shape index (κ2) is 4.14. The molecule has 0 amide bonds. The van der Waals surface area contributed by atoms with E-state index in [-0.39, 0.29) is 0 Å². The largest absolute Gasteiger partial charge is 0.298 e. The van der Waals surface area contributed by atoms with Crippen molar-refractivity contribution in [3.8, 4) is 6.07 Å². The van der Waals surface area contributed by atoms with Crippen LogP contribution < -0.4 is 0 Å². The lowest BCUT2D eigenvalue weighted by atomic mass is 10.1. The summed E-state index contributed by atoms with van der Waals surface area (Å²) in [4.78, 5) is 21.0. The summed E-state index contributed by atoms with van der Waals surface area (Å²) in [5, 5.41) is 8.67. The van der Waals surface area contributed by atoms with Gasteiger partial charge in [0.1, 0.15) is 12.4 Å². The maximum atomic E-state index is 10.5. The van der Waals surface area contributed by atoms with Gasteiger partial charge in [-0.25, -0.2) is 0 Å². The van der Waals surface area contributed by atoms with E-state index < -0.39 is 0 Å². The second-order valence-electron chi connectivity index (χ2n) is 2.32. The van der Waals surface area contributed by atoms with Crippen LogP contribution in [0.15, 0.2) is 12.1 Å². The van der Waals surface area contributed by atoms with Crippen molar-refractivity contribution in [3.05, 3.63) is 32.4 Å². The molecule has 0 unspecified atom stereocenters. The summed E-state index contributed by atoms with van der Waals surface area (Å²) in [6.45, 7) is 0. The fourth-order valence-corrected chi connectivity index (χ4v) is 1.46. The summed E-state index contributed by atoms with van der Waals surface area (Å²) in [6, 6.07) is 4.84. The van der Waals surface area contributed by atoms with E-state index in [9.17, 15) is 9.59 Å². The first-order valence-corrected chi connectivity index (χ1v) is 4.44. The maximum absolute atomic E-state index is 10.5. The quantitative estimate of drug-likeness (QED) is 0.615. The van der Waals surface area contributed by atoms with Crippen molar-refractivity contribution in [1.29, 1.82) is 5.26 Å². The number of nitriles is 1. The number of aldehydes is 2. The summed E-state index contributed by atoms with van der Waals surface area (Å²) >= 11 is 1.90. The minimum absolute atomic E-state index is 0.346. The van der Waals surface area contributed by atoms with Crippen LogP contribution in [0.2, 0.25) is 0 Å². The normalized spacial score (nSPS) is 8.92. The van der Waals surface area contributed by atoms with Gasteiger partial charge in [-0.1, -0.05) is 0 Å². The Hall–Kier alpha value is -1.22. The third kappa shape index (κ3) is 1.92. The molecule has 0 spiro atoms. The van der Waals surface area contributed by atoms with Crippen LogP contribution in [0.1, 0.15) is 26.3 Å². The Balaban J connectivity index is 3.47. The Morgan fingerprint density at radius 1 is 1.31 bits per heavy atom. The van der Waals surface area contributed by atoms with Gasteiger partial charge in [0, 0.05) is 14.7 Å². The Kier molecular flexibility index (Phi) is 3.14. The highest BCUT2D eigenvalue weighted by Gasteiger charge is 2.06. The van der Waals surface area contributed by atoms with Crippen LogP contribution in [-0.4, -0.2) is 12.6 Å². The molecule has 0 atom stereocenters. The first kappa shape index (κ1) is 9.86. The van der Waals surface area contributed by atoms with Gasteiger partial charge in [-0.15, -0.1) is 0 Å². The molecule has 13 heavy (non-hydrogen) atoms. The molecule has 4 heteroatoms. The van der Waals surface area contributed by atoms with E-state index in [4.69, 9.17) is 5.26 Å².